The molecule has 0 aliphatic carbocycles. The Morgan fingerprint density at radius 3 is 2.71 bits per heavy atom. The van der Waals surface area contributed by atoms with Crippen LogP contribution in [0.4, 0.5) is 0 Å². The summed E-state index contributed by atoms with van der Waals surface area (Å²) in [6, 6.07) is 13.7. The first-order valence-corrected chi connectivity index (χ1v) is 8.09. The molecule has 2 aromatic rings. The van der Waals surface area contributed by atoms with Crippen LogP contribution < -0.4 is 10.2 Å². The van der Waals surface area contributed by atoms with Gasteiger partial charge < -0.3 is 4.74 Å². The maximum atomic E-state index is 12.0. The molecule has 0 fully saturated rings. The molecule has 0 heterocycles. The number of aryl methyl sites for hydroxylation is 2. The summed E-state index contributed by atoms with van der Waals surface area (Å²) in [5.74, 6) is 0.656. The van der Waals surface area contributed by atoms with Gasteiger partial charge in [-0.15, -0.1) is 0 Å². The third-order valence-corrected chi connectivity index (χ3v) is 3.48. The fourth-order valence-corrected chi connectivity index (χ4v) is 2.38. The van der Waals surface area contributed by atoms with E-state index in [0.717, 1.165) is 22.4 Å². The van der Waals surface area contributed by atoms with E-state index in [4.69, 9.17) is 4.74 Å². The van der Waals surface area contributed by atoms with Crippen LogP contribution in [-0.2, 0) is 11.2 Å². The van der Waals surface area contributed by atoms with Crippen molar-refractivity contribution in [1.82, 2.24) is 5.43 Å². The molecule has 0 spiro atoms. The van der Waals surface area contributed by atoms with E-state index < -0.39 is 0 Å². The van der Waals surface area contributed by atoms with Crippen molar-refractivity contribution in [2.75, 3.05) is 0 Å². The molecule has 2 rings (SSSR count). The number of carbonyl (C=O) groups excluding carboxylic acids is 1. The summed E-state index contributed by atoms with van der Waals surface area (Å²) >= 11 is 0. The van der Waals surface area contributed by atoms with Crippen LogP contribution in [0.2, 0.25) is 0 Å². The highest BCUT2D eigenvalue weighted by Crippen LogP contribution is 2.14. The number of hydrogen-bond donors (Lipinski definition) is 1. The van der Waals surface area contributed by atoms with Gasteiger partial charge >= 0.3 is 0 Å². The predicted molar refractivity (Wildman–Crippen MR) is 97.6 cm³/mol. The summed E-state index contributed by atoms with van der Waals surface area (Å²) in [4.78, 5) is 12.0. The summed E-state index contributed by atoms with van der Waals surface area (Å²) in [5.41, 5.74) is 6.77. The summed E-state index contributed by atoms with van der Waals surface area (Å²) in [6.07, 6.45) is 2.06. The van der Waals surface area contributed by atoms with Gasteiger partial charge in [0.15, 0.2) is 0 Å². The third kappa shape index (κ3) is 5.54. The maximum Gasteiger partial charge on any atom is 0.244 e. The highest BCUT2D eigenvalue weighted by Gasteiger charge is 2.05. The molecule has 0 aliphatic heterocycles. The van der Waals surface area contributed by atoms with Gasteiger partial charge in [-0.2, -0.15) is 5.10 Å². The molecule has 1 N–H and O–H groups in total. The fraction of sp³-hybridized carbons (Fsp3) is 0.300. The van der Waals surface area contributed by atoms with E-state index in [1.807, 2.05) is 64.1 Å². The normalized spacial score (nSPS) is 11.0. The number of benzene rings is 2. The molecule has 4 heteroatoms. The number of nitrogens with zero attached hydrogens (tertiary/aromatic N) is 1. The van der Waals surface area contributed by atoms with Crippen molar-refractivity contribution in [2.45, 2.75) is 40.2 Å². The van der Waals surface area contributed by atoms with E-state index in [1.165, 1.54) is 5.56 Å². The minimum absolute atomic E-state index is 0.120. The zero-order chi connectivity index (χ0) is 17.5. The largest absolute Gasteiger partial charge is 0.491 e. The number of rotatable bonds is 6. The Morgan fingerprint density at radius 2 is 2.00 bits per heavy atom. The number of nitrogens with one attached hydrogen (secondary N) is 1. The van der Waals surface area contributed by atoms with Gasteiger partial charge in [-0.05, 0) is 56.5 Å². The molecule has 0 saturated heterocycles. The second-order valence-corrected chi connectivity index (χ2v) is 6.14. The van der Waals surface area contributed by atoms with Crippen LogP contribution in [0.1, 0.15) is 36.1 Å². The molecular weight excluding hydrogens is 300 g/mol. The van der Waals surface area contributed by atoms with Crippen LogP contribution in [0, 0.1) is 13.8 Å². The summed E-state index contributed by atoms with van der Waals surface area (Å²) in [5, 5.41) is 4.03. The first-order chi connectivity index (χ1) is 11.4. The number of carbonyl (C=O) groups is 1. The van der Waals surface area contributed by atoms with E-state index >= 15 is 0 Å². The average Bonchev–Trinajstić information content (AvgIpc) is 2.50. The van der Waals surface area contributed by atoms with Crippen molar-refractivity contribution >= 4 is 12.1 Å². The van der Waals surface area contributed by atoms with Crippen LogP contribution in [0.5, 0.6) is 5.75 Å². The van der Waals surface area contributed by atoms with Crippen molar-refractivity contribution in [3.05, 3.63) is 64.7 Å². The summed E-state index contributed by atoms with van der Waals surface area (Å²) in [7, 11) is 0. The number of hydrazone groups is 1. The lowest BCUT2D eigenvalue weighted by Gasteiger charge is -2.09. The molecule has 4 nitrogen and oxygen atoms in total. The second-order valence-electron chi connectivity index (χ2n) is 6.14. The highest BCUT2D eigenvalue weighted by atomic mass is 16.5. The van der Waals surface area contributed by atoms with Crippen LogP contribution >= 0.6 is 0 Å². The molecule has 0 bridgehead atoms. The van der Waals surface area contributed by atoms with E-state index in [2.05, 4.69) is 16.6 Å². The lowest BCUT2D eigenvalue weighted by molar-refractivity contribution is -0.120. The van der Waals surface area contributed by atoms with Crippen LogP contribution in [-0.4, -0.2) is 18.2 Å². The van der Waals surface area contributed by atoms with Gasteiger partial charge in [0.2, 0.25) is 5.91 Å². The summed E-state index contributed by atoms with van der Waals surface area (Å²) < 4.78 is 5.64. The standard InChI is InChI=1S/C20H24N2O2/c1-14(2)24-19-7-5-6-17(11-19)13-21-22-20(23)12-18-9-8-15(3)10-16(18)4/h5-11,13-14H,12H2,1-4H3,(H,22,23)/b21-13-. The Hall–Kier alpha value is -2.62. The fourth-order valence-electron chi connectivity index (χ4n) is 2.38. The predicted octanol–water partition coefficient (Wildman–Crippen LogP) is 3.78. The average molecular weight is 324 g/mol. The molecule has 0 unspecified atom stereocenters. The molecule has 0 aliphatic rings. The number of hydrogen-bond acceptors (Lipinski definition) is 3. The van der Waals surface area contributed by atoms with Gasteiger partial charge in [-0.3, -0.25) is 4.79 Å². The quantitative estimate of drug-likeness (QED) is 0.649. The molecule has 126 valence electrons. The van der Waals surface area contributed by atoms with Crippen molar-refractivity contribution in [2.24, 2.45) is 5.10 Å². The maximum absolute atomic E-state index is 12.0. The molecule has 1 amide bonds. The lowest BCUT2D eigenvalue weighted by atomic mass is 10.0. The topological polar surface area (TPSA) is 50.7 Å². The van der Waals surface area contributed by atoms with Crippen LogP contribution in [0.3, 0.4) is 0 Å². The van der Waals surface area contributed by atoms with Crippen LogP contribution in [0.25, 0.3) is 0 Å². The zero-order valence-corrected chi connectivity index (χ0v) is 14.7. The first kappa shape index (κ1) is 17.7. The smallest absolute Gasteiger partial charge is 0.244 e. The molecule has 0 atom stereocenters. The Kier molecular flexibility index (Phi) is 6.13. The Labute approximate surface area is 143 Å². The Balaban J connectivity index is 1.92. The van der Waals surface area contributed by atoms with Crippen molar-refractivity contribution in [3.63, 3.8) is 0 Å². The third-order valence-electron chi connectivity index (χ3n) is 3.48. The van der Waals surface area contributed by atoms with Crippen molar-refractivity contribution < 1.29 is 9.53 Å². The Bertz CT molecular complexity index is 736. The Morgan fingerprint density at radius 1 is 1.21 bits per heavy atom. The van der Waals surface area contributed by atoms with Gasteiger partial charge in [0.1, 0.15) is 5.75 Å². The number of ether oxygens (including phenoxy) is 1. The van der Waals surface area contributed by atoms with Gasteiger partial charge in [0.25, 0.3) is 0 Å². The molecule has 24 heavy (non-hydrogen) atoms. The second kappa shape index (κ2) is 8.29. The monoisotopic (exact) mass is 324 g/mol. The molecular formula is C20H24N2O2. The minimum Gasteiger partial charge on any atom is -0.491 e. The highest BCUT2D eigenvalue weighted by molar-refractivity contribution is 5.83. The SMILES string of the molecule is Cc1ccc(CC(=O)N/N=C\c2cccc(OC(C)C)c2)c(C)c1. The van der Waals surface area contributed by atoms with E-state index in [0.29, 0.717) is 6.42 Å². The van der Waals surface area contributed by atoms with Gasteiger partial charge in [0.05, 0.1) is 18.7 Å². The summed E-state index contributed by atoms with van der Waals surface area (Å²) in [6.45, 7) is 8.01. The molecule has 0 radical (unpaired) electrons. The van der Waals surface area contributed by atoms with Gasteiger partial charge in [0, 0.05) is 0 Å². The lowest BCUT2D eigenvalue weighted by Crippen LogP contribution is -2.20. The van der Waals surface area contributed by atoms with E-state index in [9.17, 15) is 4.79 Å². The van der Waals surface area contributed by atoms with E-state index in [1.54, 1.807) is 6.21 Å². The van der Waals surface area contributed by atoms with Gasteiger partial charge in [-0.25, -0.2) is 5.43 Å². The van der Waals surface area contributed by atoms with Crippen molar-refractivity contribution in [1.29, 1.82) is 0 Å². The van der Waals surface area contributed by atoms with E-state index in [-0.39, 0.29) is 12.0 Å². The molecule has 0 aromatic heterocycles. The van der Waals surface area contributed by atoms with Crippen molar-refractivity contribution in [3.8, 4) is 5.75 Å². The first-order valence-electron chi connectivity index (χ1n) is 8.09. The molecule has 2 aromatic carbocycles. The van der Waals surface area contributed by atoms with Crippen LogP contribution in [0.15, 0.2) is 47.6 Å². The number of amides is 1. The minimum atomic E-state index is -0.132. The molecule has 0 saturated carbocycles. The van der Waals surface area contributed by atoms with Gasteiger partial charge in [-0.1, -0.05) is 35.9 Å². The zero-order valence-electron chi connectivity index (χ0n) is 14.7.